The van der Waals surface area contributed by atoms with Crippen molar-refractivity contribution in [1.29, 1.82) is 0 Å². The average molecular weight is 327 g/mol. The molecule has 1 aliphatic heterocycles. The van der Waals surface area contributed by atoms with Crippen LogP contribution in [0.3, 0.4) is 0 Å². The first-order chi connectivity index (χ1) is 11.7. The SMILES string of the molecule is Cc1cc(C(=O)N2CCc3ncc(Cn4cncn4)n3CC2)no1. The minimum Gasteiger partial charge on any atom is -0.361 e. The van der Waals surface area contributed by atoms with Gasteiger partial charge in [0.05, 0.1) is 18.4 Å². The molecule has 0 aromatic carbocycles. The Morgan fingerprint density at radius 3 is 3.00 bits per heavy atom. The first kappa shape index (κ1) is 14.6. The Labute approximate surface area is 137 Å². The van der Waals surface area contributed by atoms with Crippen LogP contribution in [-0.4, -0.2) is 53.4 Å². The summed E-state index contributed by atoms with van der Waals surface area (Å²) in [5.41, 5.74) is 1.41. The molecular formula is C15H17N7O2. The molecule has 0 fully saturated rings. The smallest absolute Gasteiger partial charge is 0.276 e. The first-order valence-corrected chi connectivity index (χ1v) is 7.79. The number of amides is 1. The van der Waals surface area contributed by atoms with Gasteiger partial charge in [-0.1, -0.05) is 5.16 Å². The van der Waals surface area contributed by atoms with Crippen LogP contribution in [0.2, 0.25) is 0 Å². The van der Waals surface area contributed by atoms with Crippen molar-refractivity contribution in [2.24, 2.45) is 0 Å². The van der Waals surface area contributed by atoms with Crippen molar-refractivity contribution >= 4 is 5.91 Å². The van der Waals surface area contributed by atoms with Crippen LogP contribution < -0.4 is 0 Å². The molecule has 1 aliphatic rings. The van der Waals surface area contributed by atoms with E-state index in [1.54, 1.807) is 28.9 Å². The minimum absolute atomic E-state index is 0.101. The molecule has 1 amide bonds. The maximum atomic E-state index is 12.5. The summed E-state index contributed by atoms with van der Waals surface area (Å²) in [7, 11) is 0. The molecule has 4 heterocycles. The summed E-state index contributed by atoms with van der Waals surface area (Å²) in [5.74, 6) is 1.52. The zero-order valence-electron chi connectivity index (χ0n) is 13.3. The van der Waals surface area contributed by atoms with Crippen LogP contribution >= 0.6 is 0 Å². The van der Waals surface area contributed by atoms with Gasteiger partial charge in [0.1, 0.15) is 24.2 Å². The summed E-state index contributed by atoms with van der Waals surface area (Å²) in [5, 5.41) is 7.95. The average Bonchev–Trinajstić information content (AvgIpc) is 3.28. The summed E-state index contributed by atoms with van der Waals surface area (Å²) in [6.07, 6.45) is 5.77. The normalized spacial score (nSPS) is 14.5. The largest absolute Gasteiger partial charge is 0.361 e. The van der Waals surface area contributed by atoms with E-state index in [4.69, 9.17) is 4.52 Å². The molecule has 0 aliphatic carbocycles. The van der Waals surface area contributed by atoms with Crippen LogP contribution in [0.25, 0.3) is 0 Å². The maximum Gasteiger partial charge on any atom is 0.276 e. The number of nitrogens with zero attached hydrogens (tertiary/aromatic N) is 7. The molecule has 0 radical (unpaired) electrons. The van der Waals surface area contributed by atoms with Gasteiger partial charge in [-0.15, -0.1) is 0 Å². The summed E-state index contributed by atoms with van der Waals surface area (Å²) < 4.78 is 8.92. The van der Waals surface area contributed by atoms with Crippen molar-refractivity contribution in [3.8, 4) is 0 Å². The number of hydrogen-bond donors (Lipinski definition) is 0. The van der Waals surface area contributed by atoms with Gasteiger partial charge < -0.3 is 14.0 Å². The second-order valence-corrected chi connectivity index (χ2v) is 5.78. The molecular weight excluding hydrogens is 310 g/mol. The van der Waals surface area contributed by atoms with E-state index in [-0.39, 0.29) is 5.91 Å². The molecule has 0 unspecified atom stereocenters. The molecule has 0 atom stereocenters. The summed E-state index contributed by atoms with van der Waals surface area (Å²) in [6.45, 7) is 4.31. The maximum absolute atomic E-state index is 12.5. The fourth-order valence-corrected chi connectivity index (χ4v) is 2.93. The van der Waals surface area contributed by atoms with Crippen molar-refractivity contribution in [3.63, 3.8) is 0 Å². The molecule has 4 rings (SSSR count). The van der Waals surface area contributed by atoms with Gasteiger partial charge >= 0.3 is 0 Å². The number of carbonyl (C=O) groups excluding carboxylic acids is 1. The van der Waals surface area contributed by atoms with Crippen molar-refractivity contribution in [2.45, 2.75) is 26.4 Å². The third-order valence-corrected chi connectivity index (χ3v) is 4.14. The Kier molecular flexibility index (Phi) is 3.60. The molecule has 9 nitrogen and oxygen atoms in total. The monoisotopic (exact) mass is 327 g/mol. The Bertz CT molecular complexity index is 849. The van der Waals surface area contributed by atoms with E-state index in [0.717, 1.165) is 11.5 Å². The van der Waals surface area contributed by atoms with Gasteiger partial charge in [0.25, 0.3) is 5.91 Å². The summed E-state index contributed by atoms with van der Waals surface area (Å²) in [4.78, 5) is 22.8. The second kappa shape index (κ2) is 5.91. The molecule has 0 bridgehead atoms. The number of aromatic nitrogens is 6. The molecule has 9 heteroatoms. The van der Waals surface area contributed by atoms with Crippen molar-refractivity contribution in [1.82, 2.24) is 34.4 Å². The number of rotatable bonds is 3. The first-order valence-electron chi connectivity index (χ1n) is 7.79. The third-order valence-electron chi connectivity index (χ3n) is 4.14. The van der Waals surface area contributed by atoms with Gasteiger partial charge in [0.15, 0.2) is 5.69 Å². The number of hydrogen-bond acceptors (Lipinski definition) is 6. The highest BCUT2D eigenvalue weighted by molar-refractivity contribution is 5.92. The van der Waals surface area contributed by atoms with E-state index in [1.165, 1.54) is 6.33 Å². The lowest BCUT2D eigenvalue weighted by atomic mass is 10.3. The van der Waals surface area contributed by atoms with E-state index in [1.807, 2.05) is 6.20 Å². The molecule has 0 N–H and O–H groups in total. The number of fused-ring (bicyclic) bond motifs is 1. The number of imidazole rings is 1. The lowest BCUT2D eigenvalue weighted by Gasteiger charge is -2.18. The zero-order valence-corrected chi connectivity index (χ0v) is 13.3. The predicted octanol–water partition coefficient (Wildman–Crippen LogP) is 0.518. The summed E-state index contributed by atoms with van der Waals surface area (Å²) in [6, 6.07) is 1.67. The van der Waals surface area contributed by atoms with E-state index >= 15 is 0 Å². The standard InChI is InChI=1S/C15H17N7O2/c1-11-6-13(19-24-11)15(23)20-3-2-14-17-7-12(22(14)5-4-20)8-21-10-16-9-18-21/h6-7,9-10H,2-5,8H2,1H3. The van der Waals surface area contributed by atoms with Crippen molar-refractivity contribution in [3.05, 3.63) is 47.9 Å². The van der Waals surface area contributed by atoms with Crippen LogP contribution in [0, 0.1) is 6.92 Å². The van der Waals surface area contributed by atoms with Crippen LogP contribution in [0.1, 0.15) is 27.8 Å². The highest BCUT2D eigenvalue weighted by Gasteiger charge is 2.23. The van der Waals surface area contributed by atoms with Gasteiger partial charge in [-0.3, -0.25) is 4.79 Å². The molecule has 0 spiro atoms. The molecule has 0 saturated carbocycles. The quantitative estimate of drug-likeness (QED) is 0.696. The molecule has 124 valence electrons. The highest BCUT2D eigenvalue weighted by Crippen LogP contribution is 2.14. The predicted molar refractivity (Wildman–Crippen MR) is 82.2 cm³/mol. The summed E-state index contributed by atoms with van der Waals surface area (Å²) >= 11 is 0. The molecule has 24 heavy (non-hydrogen) atoms. The van der Waals surface area contributed by atoms with E-state index in [0.29, 0.717) is 44.1 Å². The molecule has 0 saturated heterocycles. The molecule has 3 aromatic heterocycles. The Morgan fingerprint density at radius 1 is 1.33 bits per heavy atom. The number of carbonyl (C=O) groups is 1. The van der Waals surface area contributed by atoms with Crippen LogP contribution in [-0.2, 0) is 19.5 Å². The minimum atomic E-state index is -0.101. The van der Waals surface area contributed by atoms with Gasteiger partial charge in [0, 0.05) is 32.1 Å². The Hall–Kier alpha value is -2.97. The van der Waals surface area contributed by atoms with Crippen molar-refractivity contribution < 1.29 is 9.32 Å². The fraction of sp³-hybridized carbons (Fsp3) is 0.400. The van der Waals surface area contributed by atoms with E-state index < -0.39 is 0 Å². The molecule has 3 aromatic rings. The lowest BCUT2D eigenvalue weighted by molar-refractivity contribution is 0.0748. The van der Waals surface area contributed by atoms with Gasteiger partial charge in [-0.2, -0.15) is 5.10 Å². The van der Waals surface area contributed by atoms with E-state index in [9.17, 15) is 4.79 Å². The third kappa shape index (κ3) is 2.68. The lowest BCUT2D eigenvalue weighted by Crippen LogP contribution is -2.34. The second-order valence-electron chi connectivity index (χ2n) is 5.78. The Balaban J connectivity index is 1.50. The van der Waals surface area contributed by atoms with Gasteiger partial charge in [-0.25, -0.2) is 14.6 Å². The van der Waals surface area contributed by atoms with Crippen molar-refractivity contribution in [2.75, 3.05) is 13.1 Å². The zero-order chi connectivity index (χ0) is 16.5. The van der Waals surface area contributed by atoms with Gasteiger partial charge in [-0.05, 0) is 6.92 Å². The highest BCUT2D eigenvalue weighted by atomic mass is 16.5. The van der Waals surface area contributed by atoms with Crippen LogP contribution in [0.15, 0.2) is 29.4 Å². The Morgan fingerprint density at radius 2 is 2.25 bits per heavy atom. The fourth-order valence-electron chi connectivity index (χ4n) is 2.93. The van der Waals surface area contributed by atoms with Crippen LogP contribution in [0.4, 0.5) is 0 Å². The van der Waals surface area contributed by atoms with Crippen LogP contribution in [0.5, 0.6) is 0 Å². The topological polar surface area (TPSA) is 94.9 Å². The number of aryl methyl sites for hydroxylation is 1. The van der Waals surface area contributed by atoms with E-state index in [2.05, 4.69) is 24.8 Å². The van der Waals surface area contributed by atoms with Gasteiger partial charge in [0.2, 0.25) is 0 Å².